The summed E-state index contributed by atoms with van der Waals surface area (Å²) in [6, 6.07) is 7.31. The second-order valence-electron chi connectivity index (χ2n) is 7.13. The van der Waals surface area contributed by atoms with Crippen LogP contribution in [-0.2, 0) is 14.3 Å². The van der Waals surface area contributed by atoms with Gasteiger partial charge in [-0.05, 0) is 50.7 Å². The van der Waals surface area contributed by atoms with Gasteiger partial charge in [-0.15, -0.1) is 0 Å². The summed E-state index contributed by atoms with van der Waals surface area (Å²) in [6.07, 6.45) is 1.92. The van der Waals surface area contributed by atoms with Gasteiger partial charge in [0.15, 0.2) is 0 Å². The molecule has 2 amide bonds. The van der Waals surface area contributed by atoms with Gasteiger partial charge in [0, 0.05) is 25.2 Å². The fourth-order valence-corrected chi connectivity index (χ4v) is 3.84. The fourth-order valence-electron chi connectivity index (χ4n) is 3.72. The first-order valence-electron chi connectivity index (χ1n) is 9.20. The number of benzene rings is 1. The minimum absolute atomic E-state index is 0.234. The Bertz CT molecular complexity index is 739. The average Bonchev–Trinajstić information content (AvgIpc) is 2.91. The Balaban J connectivity index is 1.98. The molecule has 2 aliphatic heterocycles. The average molecular weight is 392 g/mol. The van der Waals surface area contributed by atoms with E-state index in [1.807, 2.05) is 11.9 Å². The van der Waals surface area contributed by atoms with Gasteiger partial charge >= 0.3 is 0 Å². The SMILES string of the molecule is COCCN1C(=O)C(c2ccc(Cl)cc2)=C(N(C)C2CCN(C)CC2)C1=O. The van der Waals surface area contributed by atoms with Crippen LogP contribution in [0, 0.1) is 0 Å². The molecule has 0 aromatic heterocycles. The van der Waals surface area contributed by atoms with Crippen molar-refractivity contribution in [2.45, 2.75) is 18.9 Å². The van der Waals surface area contributed by atoms with Gasteiger partial charge in [0.25, 0.3) is 11.8 Å². The van der Waals surface area contributed by atoms with Crippen molar-refractivity contribution in [3.05, 3.63) is 40.5 Å². The standard InChI is InChI=1S/C20H26ClN3O3/c1-22-10-8-16(9-11-22)23(2)18-17(14-4-6-15(21)7-5-14)19(25)24(20(18)26)12-13-27-3/h4-7,16H,8-13H2,1-3H3. The van der Waals surface area contributed by atoms with Crippen LogP contribution in [0.3, 0.4) is 0 Å². The van der Waals surface area contributed by atoms with Crippen LogP contribution in [0.5, 0.6) is 0 Å². The van der Waals surface area contributed by atoms with E-state index in [1.165, 1.54) is 4.90 Å². The number of rotatable bonds is 6. The summed E-state index contributed by atoms with van der Waals surface area (Å²) in [7, 11) is 5.59. The van der Waals surface area contributed by atoms with E-state index < -0.39 is 0 Å². The summed E-state index contributed by atoms with van der Waals surface area (Å²) in [4.78, 5) is 31.8. The number of carbonyl (C=O) groups is 2. The highest BCUT2D eigenvalue weighted by Gasteiger charge is 2.42. The van der Waals surface area contributed by atoms with Gasteiger partial charge in [-0.1, -0.05) is 23.7 Å². The molecular weight excluding hydrogens is 366 g/mol. The van der Waals surface area contributed by atoms with Crippen LogP contribution in [0.2, 0.25) is 5.02 Å². The zero-order valence-electron chi connectivity index (χ0n) is 16.1. The molecule has 2 heterocycles. The van der Waals surface area contributed by atoms with Crippen LogP contribution in [0.15, 0.2) is 30.0 Å². The zero-order valence-corrected chi connectivity index (χ0v) is 16.8. The highest BCUT2D eigenvalue weighted by molar-refractivity contribution is 6.36. The number of imide groups is 1. The molecule has 0 bridgehead atoms. The van der Waals surface area contributed by atoms with E-state index in [9.17, 15) is 9.59 Å². The Kier molecular flexibility index (Phi) is 6.19. The van der Waals surface area contributed by atoms with Crippen LogP contribution in [0.1, 0.15) is 18.4 Å². The zero-order chi connectivity index (χ0) is 19.6. The fraction of sp³-hybridized carbons (Fsp3) is 0.500. The number of hydrogen-bond donors (Lipinski definition) is 0. The molecule has 0 saturated carbocycles. The Hall–Kier alpha value is -1.89. The van der Waals surface area contributed by atoms with Crippen molar-refractivity contribution in [2.75, 3.05) is 47.4 Å². The Morgan fingerprint density at radius 1 is 1.15 bits per heavy atom. The quantitative estimate of drug-likeness (QED) is 0.695. The van der Waals surface area contributed by atoms with E-state index in [2.05, 4.69) is 11.9 Å². The van der Waals surface area contributed by atoms with Gasteiger partial charge in [-0.3, -0.25) is 14.5 Å². The van der Waals surface area contributed by atoms with Crippen LogP contribution in [-0.4, -0.2) is 80.0 Å². The van der Waals surface area contributed by atoms with Crippen molar-refractivity contribution in [3.8, 4) is 0 Å². The van der Waals surface area contributed by atoms with E-state index in [1.54, 1.807) is 31.4 Å². The topological polar surface area (TPSA) is 53.1 Å². The maximum absolute atomic E-state index is 13.1. The summed E-state index contributed by atoms with van der Waals surface area (Å²) >= 11 is 6.01. The summed E-state index contributed by atoms with van der Waals surface area (Å²) < 4.78 is 5.08. The molecule has 0 atom stereocenters. The molecule has 146 valence electrons. The number of carbonyl (C=O) groups excluding carboxylic acids is 2. The van der Waals surface area contributed by atoms with Crippen LogP contribution in [0.25, 0.3) is 5.57 Å². The number of likely N-dealkylation sites (N-methyl/N-ethyl adjacent to an activating group) is 1. The lowest BCUT2D eigenvalue weighted by Crippen LogP contribution is -2.44. The first kappa shape index (κ1) is 19.9. The van der Waals surface area contributed by atoms with Crippen molar-refractivity contribution in [2.24, 2.45) is 0 Å². The first-order chi connectivity index (χ1) is 12.9. The number of hydrogen-bond acceptors (Lipinski definition) is 5. The molecule has 0 spiro atoms. The predicted molar refractivity (Wildman–Crippen MR) is 105 cm³/mol. The molecule has 2 aliphatic rings. The molecule has 27 heavy (non-hydrogen) atoms. The normalized spacial score (nSPS) is 19.3. The molecule has 1 fully saturated rings. The third-order valence-electron chi connectivity index (χ3n) is 5.38. The Labute approximate surface area is 165 Å². The number of methoxy groups -OCH3 is 1. The number of likely N-dealkylation sites (tertiary alicyclic amines) is 1. The van der Waals surface area contributed by atoms with Crippen molar-refractivity contribution < 1.29 is 14.3 Å². The number of amides is 2. The largest absolute Gasteiger partial charge is 0.383 e. The van der Waals surface area contributed by atoms with Gasteiger partial charge in [0.2, 0.25) is 0 Å². The van der Waals surface area contributed by atoms with E-state index >= 15 is 0 Å². The molecule has 0 unspecified atom stereocenters. The van der Waals surface area contributed by atoms with Gasteiger partial charge in [0.1, 0.15) is 5.70 Å². The highest BCUT2D eigenvalue weighted by atomic mass is 35.5. The van der Waals surface area contributed by atoms with Gasteiger partial charge < -0.3 is 14.5 Å². The predicted octanol–water partition coefficient (Wildman–Crippen LogP) is 2.09. The maximum Gasteiger partial charge on any atom is 0.277 e. The number of nitrogens with zero attached hydrogens (tertiary/aromatic N) is 3. The summed E-state index contributed by atoms with van der Waals surface area (Å²) in [6.45, 7) is 2.52. The van der Waals surface area contributed by atoms with E-state index in [0.717, 1.165) is 25.9 Å². The maximum atomic E-state index is 13.1. The minimum atomic E-state index is -0.269. The Morgan fingerprint density at radius 3 is 2.37 bits per heavy atom. The third kappa shape index (κ3) is 4.03. The monoisotopic (exact) mass is 391 g/mol. The number of ether oxygens (including phenoxy) is 1. The van der Waals surface area contributed by atoms with Crippen LogP contribution in [0.4, 0.5) is 0 Å². The van der Waals surface area contributed by atoms with Crippen LogP contribution >= 0.6 is 11.6 Å². The van der Waals surface area contributed by atoms with Gasteiger partial charge in [0.05, 0.1) is 18.7 Å². The number of piperidine rings is 1. The molecule has 6 nitrogen and oxygen atoms in total. The highest BCUT2D eigenvalue weighted by Crippen LogP contribution is 2.33. The van der Waals surface area contributed by atoms with E-state index in [0.29, 0.717) is 28.5 Å². The van der Waals surface area contributed by atoms with E-state index in [-0.39, 0.29) is 24.4 Å². The second kappa shape index (κ2) is 8.42. The molecule has 1 saturated heterocycles. The summed E-state index contributed by atoms with van der Waals surface area (Å²) in [5.41, 5.74) is 1.65. The third-order valence-corrected chi connectivity index (χ3v) is 5.64. The molecule has 7 heteroatoms. The molecule has 0 aliphatic carbocycles. The first-order valence-corrected chi connectivity index (χ1v) is 9.58. The van der Waals surface area contributed by atoms with Crippen molar-refractivity contribution >= 4 is 29.0 Å². The lowest BCUT2D eigenvalue weighted by molar-refractivity contribution is -0.138. The smallest absolute Gasteiger partial charge is 0.277 e. The molecule has 1 aromatic carbocycles. The molecule has 0 radical (unpaired) electrons. The summed E-state index contributed by atoms with van der Waals surface area (Å²) in [5, 5.41) is 0.595. The molecular formula is C20H26ClN3O3. The lowest BCUT2D eigenvalue weighted by atomic mass is 10.0. The Morgan fingerprint density at radius 2 is 1.78 bits per heavy atom. The summed E-state index contributed by atoms with van der Waals surface area (Å²) in [5.74, 6) is -0.516. The van der Waals surface area contributed by atoms with Gasteiger partial charge in [-0.2, -0.15) is 0 Å². The molecule has 0 N–H and O–H groups in total. The second-order valence-corrected chi connectivity index (χ2v) is 7.57. The molecule has 1 aromatic rings. The van der Waals surface area contributed by atoms with Crippen LogP contribution < -0.4 is 0 Å². The van der Waals surface area contributed by atoms with Crippen molar-refractivity contribution in [1.29, 1.82) is 0 Å². The number of halogens is 1. The molecule has 3 rings (SSSR count). The lowest BCUT2D eigenvalue weighted by Gasteiger charge is -2.36. The van der Waals surface area contributed by atoms with Crippen molar-refractivity contribution in [1.82, 2.24) is 14.7 Å². The van der Waals surface area contributed by atoms with E-state index in [4.69, 9.17) is 16.3 Å². The minimum Gasteiger partial charge on any atom is -0.383 e. The van der Waals surface area contributed by atoms with Crippen molar-refractivity contribution in [3.63, 3.8) is 0 Å². The van der Waals surface area contributed by atoms with Gasteiger partial charge in [-0.25, -0.2) is 0 Å².